The minimum absolute atomic E-state index is 0.0979. The van der Waals surface area contributed by atoms with Gasteiger partial charge in [-0.3, -0.25) is 0 Å². The van der Waals surface area contributed by atoms with Gasteiger partial charge in [0.05, 0.1) is 0 Å². The molecule has 1 aromatic carbocycles. The van der Waals surface area contributed by atoms with Gasteiger partial charge in [-0.05, 0) is 0 Å². The van der Waals surface area contributed by atoms with Crippen LogP contribution < -0.4 is 0 Å². The predicted octanol–water partition coefficient (Wildman–Crippen LogP) is 1.27. The summed E-state index contributed by atoms with van der Waals surface area (Å²) in [6, 6.07) is 8.17. The summed E-state index contributed by atoms with van der Waals surface area (Å²) in [6.45, 7) is 0. The first kappa shape index (κ1) is 15.0. The van der Waals surface area contributed by atoms with Crippen LogP contribution >= 0.6 is 0 Å². The quantitative estimate of drug-likeness (QED) is 0.463. The van der Waals surface area contributed by atoms with Crippen LogP contribution in [0.25, 0.3) is 0 Å². The van der Waals surface area contributed by atoms with Gasteiger partial charge in [0.1, 0.15) is 0 Å². The van der Waals surface area contributed by atoms with E-state index in [9.17, 15) is 13.2 Å². The summed E-state index contributed by atoms with van der Waals surface area (Å²) in [5.74, 6) is 1.20. The standard InChI is InChI=1S/C12H14O4SSe/c1-16-12(13)11(18-2)8-9-17(14,15)10-6-4-3-5-7-10/h3-8H,9H2,1-2H3/b11-8+. The Labute approximate surface area is 113 Å². The van der Waals surface area contributed by atoms with Crippen LogP contribution in [-0.4, -0.2) is 42.2 Å². The Morgan fingerprint density at radius 3 is 2.44 bits per heavy atom. The molecular formula is C12H14O4SSe. The number of carbonyl (C=O) groups excluding carboxylic acids is 1. The molecule has 0 unspecified atom stereocenters. The molecule has 0 atom stereocenters. The number of sulfone groups is 1. The van der Waals surface area contributed by atoms with E-state index in [1.54, 1.807) is 18.2 Å². The van der Waals surface area contributed by atoms with E-state index >= 15 is 0 Å². The van der Waals surface area contributed by atoms with Gasteiger partial charge in [0, 0.05) is 0 Å². The van der Waals surface area contributed by atoms with Crippen LogP contribution in [0.5, 0.6) is 0 Å². The molecule has 0 saturated heterocycles. The normalized spacial score (nSPS) is 12.2. The first-order valence-electron chi connectivity index (χ1n) is 5.11. The third-order valence-corrected chi connectivity index (χ3v) is 5.42. The molecule has 1 rings (SSSR count). The second-order valence-corrected chi connectivity index (χ2v) is 7.17. The number of hydrogen-bond donors (Lipinski definition) is 0. The van der Waals surface area contributed by atoms with Gasteiger partial charge in [-0.15, -0.1) is 0 Å². The molecular weight excluding hydrogens is 319 g/mol. The van der Waals surface area contributed by atoms with Crippen molar-refractivity contribution in [3.8, 4) is 0 Å². The van der Waals surface area contributed by atoms with Crippen LogP contribution in [0.1, 0.15) is 0 Å². The number of hydrogen-bond acceptors (Lipinski definition) is 4. The molecule has 0 aromatic heterocycles. The summed E-state index contributed by atoms with van der Waals surface area (Å²) in [7, 11) is -2.10. The van der Waals surface area contributed by atoms with Crippen molar-refractivity contribution >= 4 is 30.8 Å². The monoisotopic (exact) mass is 334 g/mol. The zero-order chi connectivity index (χ0) is 13.6. The molecule has 0 bridgehead atoms. The van der Waals surface area contributed by atoms with Gasteiger partial charge in [-0.1, -0.05) is 0 Å². The van der Waals surface area contributed by atoms with Crippen LogP contribution in [0.4, 0.5) is 0 Å². The van der Waals surface area contributed by atoms with Gasteiger partial charge < -0.3 is 0 Å². The van der Waals surface area contributed by atoms with E-state index in [1.807, 2.05) is 5.82 Å². The molecule has 0 N–H and O–H groups in total. The summed E-state index contributed by atoms with van der Waals surface area (Å²) in [6.07, 6.45) is 1.44. The molecule has 0 aliphatic carbocycles. The SMILES string of the molecule is COC(=O)/C(=C\CS(=O)(=O)c1ccccc1)[Se]C. The molecule has 0 spiro atoms. The Bertz CT molecular complexity index is 534. The third-order valence-electron chi connectivity index (χ3n) is 2.20. The summed E-state index contributed by atoms with van der Waals surface area (Å²) in [4.78, 5) is 11.6. The van der Waals surface area contributed by atoms with Gasteiger partial charge >= 0.3 is 113 Å². The molecule has 1 aromatic rings. The third kappa shape index (κ3) is 3.98. The Balaban J connectivity index is 2.91. The molecule has 0 radical (unpaired) electrons. The van der Waals surface area contributed by atoms with Gasteiger partial charge in [0.2, 0.25) is 0 Å². The minimum atomic E-state index is -3.38. The fourth-order valence-corrected chi connectivity index (χ4v) is 3.70. The first-order valence-corrected chi connectivity index (χ1v) is 9.33. The number of ether oxygens (including phenoxy) is 1. The first-order chi connectivity index (χ1) is 8.51. The van der Waals surface area contributed by atoms with Crippen molar-refractivity contribution in [2.75, 3.05) is 12.9 Å². The van der Waals surface area contributed by atoms with Crippen LogP contribution in [0.2, 0.25) is 5.82 Å². The zero-order valence-corrected chi connectivity index (χ0v) is 12.7. The van der Waals surface area contributed by atoms with Crippen molar-refractivity contribution in [1.82, 2.24) is 0 Å². The molecule has 0 saturated carbocycles. The van der Waals surface area contributed by atoms with Crippen LogP contribution in [0.15, 0.2) is 45.8 Å². The van der Waals surface area contributed by atoms with Crippen LogP contribution in [0, 0.1) is 0 Å². The second-order valence-electron chi connectivity index (χ2n) is 3.36. The molecule has 0 fully saturated rings. The van der Waals surface area contributed by atoms with Gasteiger partial charge in [-0.25, -0.2) is 0 Å². The van der Waals surface area contributed by atoms with Crippen LogP contribution in [0.3, 0.4) is 0 Å². The maximum atomic E-state index is 12.0. The number of benzene rings is 1. The fraction of sp³-hybridized carbons (Fsp3) is 0.250. The van der Waals surface area contributed by atoms with Gasteiger partial charge in [0.15, 0.2) is 0 Å². The van der Waals surface area contributed by atoms with E-state index < -0.39 is 15.8 Å². The maximum absolute atomic E-state index is 12.0. The number of methoxy groups -OCH3 is 1. The van der Waals surface area contributed by atoms with E-state index in [-0.39, 0.29) is 25.6 Å². The van der Waals surface area contributed by atoms with E-state index in [0.29, 0.717) is 4.47 Å². The Kier molecular flexibility index (Phi) is 5.59. The van der Waals surface area contributed by atoms with Crippen molar-refractivity contribution in [3.05, 3.63) is 40.9 Å². The number of rotatable bonds is 5. The molecule has 6 heteroatoms. The van der Waals surface area contributed by atoms with Crippen molar-refractivity contribution in [2.24, 2.45) is 0 Å². The molecule has 0 amide bonds. The number of esters is 1. The van der Waals surface area contributed by atoms with E-state index in [0.717, 1.165) is 0 Å². The second kappa shape index (κ2) is 6.73. The average molecular weight is 333 g/mol. The van der Waals surface area contributed by atoms with Crippen molar-refractivity contribution in [3.63, 3.8) is 0 Å². The van der Waals surface area contributed by atoms with Gasteiger partial charge in [-0.2, -0.15) is 0 Å². The number of carbonyl (C=O) groups is 1. The van der Waals surface area contributed by atoms with Crippen LogP contribution in [-0.2, 0) is 19.4 Å². The summed E-state index contributed by atoms with van der Waals surface area (Å²) < 4.78 is 29.0. The summed E-state index contributed by atoms with van der Waals surface area (Å²) in [5.41, 5.74) is 0. The van der Waals surface area contributed by atoms with Crippen molar-refractivity contribution in [2.45, 2.75) is 10.7 Å². The zero-order valence-electron chi connectivity index (χ0n) is 10.1. The Morgan fingerprint density at radius 2 is 1.94 bits per heavy atom. The van der Waals surface area contributed by atoms with E-state index in [2.05, 4.69) is 4.74 Å². The van der Waals surface area contributed by atoms with E-state index in [4.69, 9.17) is 0 Å². The summed E-state index contributed by atoms with van der Waals surface area (Å²) in [5, 5.41) is 0. The molecule has 18 heavy (non-hydrogen) atoms. The molecule has 4 nitrogen and oxygen atoms in total. The average Bonchev–Trinajstić information content (AvgIpc) is 2.40. The fourth-order valence-electron chi connectivity index (χ4n) is 1.26. The topological polar surface area (TPSA) is 60.4 Å². The molecule has 0 heterocycles. The molecule has 0 aliphatic rings. The van der Waals surface area contributed by atoms with Gasteiger partial charge in [0.25, 0.3) is 0 Å². The Hall–Kier alpha value is -1.10. The molecule has 98 valence electrons. The van der Waals surface area contributed by atoms with E-state index in [1.165, 1.54) is 25.3 Å². The Morgan fingerprint density at radius 1 is 1.33 bits per heavy atom. The predicted molar refractivity (Wildman–Crippen MR) is 70.2 cm³/mol. The summed E-state index contributed by atoms with van der Waals surface area (Å²) >= 11 is -0.0979. The van der Waals surface area contributed by atoms with Crippen molar-refractivity contribution < 1.29 is 17.9 Å². The molecule has 0 aliphatic heterocycles. The van der Waals surface area contributed by atoms with Crippen molar-refractivity contribution in [1.29, 1.82) is 0 Å².